The Morgan fingerprint density at radius 2 is 2.08 bits per heavy atom. The molecule has 0 aliphatic carbocycles. The smallest absolute Gasteiger partial charge is 0.142 e. The molecule has 1 unspecified atom stereocenters. The van der Waals surface area contributed by atoms with Gasteiger partial charge >= 0.3 is 0 Å². The molecule has 12 heavy (non-hydrogen) atoms. The molecule has 68 valence electrons. The molecule has 0 fully saturated rings. The fourth-order valence-electron chi connectivity index (χ4n) is 1.12. The van der Waals surface area contributed by atoms with E-state index in [1.165, 1.54) is 0 Å². The predicted molar refractivity (Wildman–Crippen MR) is 53.0 cm³/mol. The maximum Gasteiger partial charge on any atom is 0.142 e. The zero-order valence-corrected chi connectivity index (χ0v) is 8.10. The number of Topliss-reactive ketones (excluding diaryl/α,β-unsaturated/α-hetero) is 1. The van der Waals surface area contributed by atoms with Crippen LogP contribution >= 0.6 is 0 Å². The van der Waals surface area contributed by atoms with Crippen LogP contribution in [0.4, 0.5) is 0 Å². The lowest BCUT2D eigenvalue weighted by atomic mass is 9.81. The first-order chi connectivity index (χ1) is 5.60. The van der Waals surface area contributed by atoms with Crippen LogP contribution in [0.25, 0.3) is 0 Å². The summed E-state index contributed by atoms with van der Waals surface area (Å²) in [5.74, 6) is 0.264. The molecule has 0 aliphatic rings. The Bertz CT molecular complexity index is 181. The number of carbonyl (C=O) groups is 1. The second-order valence-corrected chi connectivity index (χ2v) is 3.29. The van der Waals surface area contributed by atoms with Crippen LogP contribution in [0.2, 0.25) is 0 Å². The van der Waals surface area contributed by atoms with Gasteiger partial charge in [-0.25, -0.2) is 0 Å². The number of hydrogen-bond donors (Lipinski definition) is 0. The lowest BCUT2D eigenvalue weighted by Crippen LogP contribution is -2.24. The Morgan fingerprint density at radius 3 is 2.42 bits per heavy atom. The molecule has 1 nitrogen and oxygen atoms in total. The van der Waals surface area contributed by atoms with E-state index in [4.69, 9.17) is 0 Å². The Morgan fingerprint density at radius 1 is 1.50 bits per heavy atom. The Hall–Kier alpha value is -0.850. The van der Waals surface area contributed by atoms with E-state index in [2.05, 4.69) is 13.2 Å². The van der Waals surface area contributed by atoms with Gasteiger partial charge in [0.2, 0.25) is 0 Å². The van der Waals surface area contributed by atoms with Crippen molar-refractivity contribution in [3.05, 3.63) is 25.3 Å². The zero-order chi connectivity index (χ0) is 9.61. The standard InChI is InChI=1S/C11H18O/c1-5-8-10(12)11(4,7-3)9-6-2/h6-7H,2-3,5,8-9H2,1,4H3. The maximum absolute atomic E-state index is 11.6. The van der Waals surface area contributed by atoms with Gasteiger partial charge in [-0.05, 0) is 19.8 Å². The molecule has 0 spiro atoms. The Kier molecular flexibility index (Phi) is 4.57. The fraction of sp³-hybridized carbons (Fsp3) is 0.545. The molecular formula is C11H18O. The van der Waals surface area contributed by atoms with E-state index in [0.29, 0.717) is 12.8 Å². The van der Waals surface area contributed by atoms with Crippen LogP contribution in [0.15, 0.2) is 25.3 Å². The minimum absolute atomic E-state index is 0.264. The van der Waals surface area contributed by atoms with Gasteiger partial charge in [0, 0.05) is 11.8 Å². The average Bonchev–Trinajstić information content (AvgIpc) is 2.05. The van der Waals surface area contributed by atoms with Crippen LogP contribution in [-0.4, -0.2) is 5.78 Å². The summed E-state index contributed by atoms with van der Waals surface area (Å²) in [7, 11) is 0. The normalized spacial score (nSPS) is 14.8. The van der Waals surface area contributed by atoms with Crippen molar-refractivity contribution in [3.63, 3.8) is 0 Å². The van der Waals surface area contributed by atoms with E-state index in [9.17, 15) is 4.79 Å². The molecule has 0 amide bonds. The Labute approximate surface area is 75.2 Å². The molecule has 1 atom stereocenters. The van der Waals surface area contributed by atoms with E-state index in [1.807, 2.05) is 13.8 Å². The third-order valence-electron chi connectivity index (χ3n) is 2.13. The molecule has 0 radical (unpaired) electrons. The lowest BCUT2D eigenvalue weighted by Gasteiger charge is -2.21. The quantitative estimate of drug-likeness (QED) is 0.554. The lowest BCUT2D eigenvalue weighted by molar-refractivity contribution is -0.125. The van der Waals surface area contributed by atoms with Gasteiger partial charge in [-0.15, -0.1) is 13.2 Å². The van der Waals surface area contributed by atoms with Gasteiger partial charge in [-0.2, -0.15) is 0 Å². The summed E-state index contributed by atoms with van der Waals surface area (Å²) in [4.78, 5) is 11.6. The van der Waals surface area contributed by atoms with Crippen molar-refractivity contribution < 1.29 is 4.79 Å². The van der Waals surface area contributed by atoms with Crippen molar-refractivity contribution >= 4 is 5.78 Å². The summed E-state index contributed by atoms with van der Waals surface area (Å²) in [6, 6.07) is 0. The number of allylic oxidation sites excluding steroid dienone is 2. The summed E-state index contributed by atoms with van der Waals surface area (Å²) in [5, 5.41) is 0. The largest absolute Gasteiger partial charge is 0.299 e. The molecule has 0 rings (SSSR count). The molecule has 0 heterocycles. The van der Waals surface area contributed by atoms with Crippen LogP contribution in [0, 0.1) is 5.41 Å². The molecule has 1 heteroatoms. The molecule has 0 aromatic heterocycles. The SMILES string of the molecule is C=CCC(C)(C=C)C(=O)CCC. The van der Waals surface area contributed by atoms with E-state index in [1.54, 1.807) is 12.2 Å². The van der Waals surface area contributed by atoms with Crippen LogP contribution in [0.1, 0.15) is 33.1 Å². The van der Waals surface area contributed by atoms with Gasteiger partial charge in [0.25, 0.3) is 0 Å². The molecule has 0 aromatic carbocycles. The topological polar surface area (TPSA) is 17.1 Å². The first-order valence-electron chi connectivity index (χ1n) is 4.38. The molecule has 0 saturated heterocycles. The summed E-state index contributed by atoms with van der Waals surface area (Å²) in [6.45, 7) is 11.2. The summed E-state index contributed by atoms with van der Waals surface area (Å²) in [6.07, 6.45) is 5.73. The molecular weight excluding hydrogens is 148 g/mol. The van der Waals surface area contributed by atoms with E-state index >= 15 is 0 Å². The van der Waals surface area contributed by atoms with Gasteiger partial charge in [-0.3, -0.25) is 4.79 Å². The van der Waals surface area contributed by atoms with Crippen LogP contribution in [0.3, 0.4) is 0 Å². The molecule has 0 bridgehead atoms. The first-order valence-corrected chi connectivity index (χ1v) is 4.38. The molecule has 0 aliphatic heterocycles. The highest BCUT2D eigenvalue weighted by Gasteiger charge is 2.26. The number of hydrogen-bond acceptors (Lipinski definition) is 1. The van der Waals surface area contributed by atoms with E-state index in [0.717, 1.165) is 6.42 Å². The van der Waals surface area contributed by atoms with Crippen molar-refractivity contribution in [2.75, 3.05) is 0 Å². The van der Waals surface area contributed by atoms with Crippen LogP contribution < -0.4 is 0 Å². The number of carbonyl (C=O) groups excluding carboxylic acids is 1. The third-order valence-corrected chi connectivity index (χ3v) is 2.13. The van der Waals surface area contributed by atoms with Gasteiger partial charge in [0.15, 0.2) is 0 Å². The zero-order valence-electron chi connectivity index (χ0n) is 8.10. The first kappa shape index (κ1) is 11.2. The minimum atomic E-state index is -0.391. The van der Waals surface area contributed by atoms with Gasteiger partial charge in [0.1, 0.15) is 5.78 Å². The van der Waals surface area contributed by atoms with Gasteiger partial charge < -0.3 is 0 Å². The van der Waals surface area contributed by atoms with Crippen molar-refractivity contribution in [1.29, 1.82) is 0 Å². The van der Waals surface area contributed by atoms with Crippen molar-refractivity contribution in [2.45, 2.75) is 33.1 Å². The second kappa shape index (κ2) is 4.91. The van der Waals surface area contributed by atoms with Crippen LogP contribution in [-0.2, 0) is 4.79 Å². The third kappa shape index (κ3) is 2.65. The van der Waals surface area contributed by atoms with Gasteiger partial charge in [0.05, 0.1) is 0 Å². The van der Waals surface area contributed by atoms with Crippen molar-refractivity contribution in [2.24, 2.45) is 5.41 Å². The highest BCUT2D eigenvalue weighted by molar-refractivity contribution is 5.86. The average molecular weight is 166 g/mol. The molecule has 0 aromatic rings. The fourth-order valence-corrected chi connectivity index (χ4v) is 1.12. The monoisotopic (exact) mass is 166 g/mol. The number of ketones is 1. The minimum Gasteiger partial charge on any atom is -0.299 e. The van der Waals surface area contributed by atoms with E-state index in [-0.39, 0.29) is 5.78 Å². The van der Waals surface area contributed by atoms with Crippen LogP contribution in [0.5, 0.6) is 0 Å². The second-order valence-electron chi connectivity index (χ2n) is 3.29. The predicted octanol–water partition coefficient (Wildman–Crippen LogP) is 3.12. The molecule has 0 N–H and O–H groups in total. The highest BCUT2D eigenvalue weighted by atomic mass is 16.1. The molecule has 0 saturated carbocycles. The summed E-state index contributed by atoms with van der Waals surface area (Å²) >= 11 is 0. The Balaban J connectivity index is 4.38. The van der Waals surface area contributed by atoms with Crippen molar-refractivity contribution in [3.8, 4) is 0 Å². The number of rotatable bonds is 6. The highest BCUT2D eigenvalue weighted by Crippen LogP contribution is 2.26. The van der Waals surface area contributed by atoms with Crippen molar-refractivity contribution in [1.82, 2.24) is 0 Å². The summed E-state index contributed by atoms with van der Waals surface area (Å²) < 4.78 is 0. The summed E-state index contributed by atoms with van der Waals surface area (Å²) in [5.41, 5.74) is -0.391. The maximum atomic E-state index is 11.6. The van der Waals surface area contributed by atoms with E-state index < -0.39 is 5.41 Å². The van der Waals surface area contributed by atoms with Gasteiger partial charge in [-0.1, -0.05) is 19.1 Å².